The van der Waals surface area contributed by atoms with Crippen molar-refractivity contribution in [1.29, 1.82) is 0 Å². The highest BCUT2D eigenvalue weighted by atomic mass is 16.5. The van der Waals surface area contributed by atoms with Gasteiger partial charge in [-0.2, -0.15) is 0 Å². The summed E-state index contributed by atoms with van der Waals surface area (Å²) in [4.78, 5) is 13.9. The molecule has 1 heterocycles. The first-order valence-corrected chi connectivity index (χ1v) is 6.94. The lowest BCUT2D eigenvalue weighted by Gasteiger charge is -2.45. The van der Waals surface area contributed by atoms with Crippen LogP contribution in [0.2, 0.25) is 0 Å². The first-order valence-electron chi connectivity index (χ1n) is 6.94. The van der Waals surface area contributed by atoms with Gasteiger partial charge in [-0.05, 0) is 23.3 Å². The van der Waals surface area contributed by atoms with E-state index < -0.39 is 6.04 Å². The second-order valence-electron chi connectivity index (χ2n) is 5.20. The monoisotopic (exact) mass is 282 g/mol. The molecule has 1 aliphatic heterocycles. The molecular formula is C17H18N2O2. The van der Waals surface area contributed by atoms with Gasteiger partial charge in [0.05, 0.1) is 13.2 Å². The molecule has 21 heavy (non-hydrogen) atoms. The van der Waals surface area contributed by atoms with Crippen LogP contribution >= 0.6 is 0 Å². The van der Waals surface area contributed by atoms with Gasteiger partial charge in [0.2, 0.25) is 5.91 Å². The lowest BCUT2D eigenvalue weighted by atomic mass is 9.88. The standard InChI is InChI=1S/C17H18N2O2/c1-21-14-9-7-13(8-10-14)16-15(18)17(20)19(16)11-12-5-3-2-4-6-12/h2-10,15-16H,11,18H2,1H3. The Morgan fingerprint density at radius 1 is 1.10 bits per heavy atom. The Morgan fingerprint density at radius 3 is 2.38 bits per heavy atom. The Labute approximate surface area is 124 Å². The van der Waals surface area contributed by atoms with Crippen molar-refractivity contribution in [3.05, 3.63) is 65.7 Å². The lowest BCUT2D eigenvalue weighted by Crippen LogP contribution is -2.62. The molecule has 0 bridgehead atoms. The van der Waals surface area contributed by atoms with Gasteiger partial charge in [0, 0.05) is 6.54 Å². The van der Waals surface area contributed by atoms with Crippen molar-refractivity contribution < 1.29 is 9.53 Å². The maximum atomic E-state index is 12.0. The van der Waals surface area contributed by atoms with Gasteiger partial charge in [-0.3, -0.25) is 4.79 Å². The third kappa shape index (κ3) is 2.50. The third-order valence-electron chi connectivity index (χ3n) is 3.90. The summed E-state index contributed by atoms with van der Waals surface area (Å²) in [6.07, 6.45) is 0. The number of carbonyl (C=O) groups is 1. The molecule has 1 aliphatic rings. The molecule has 0 aromatic heterocycles. The van der Waals surface area contributed by atoms with E-state index >= 15 is 0 Å². The number of ether oxygens (including phenoxy) is 1. The van der Waals surface area contributed by atoms with Gasteiger partial charge in [-0.25, -0.2) is 0 Å². The Kier molecular flexibility index (Phi) is 3.62. The third-order valence-corrected chi connectivity index (χ3v) is 3.90. The zero-order valence-electron chi connectivity index (χ0n) is 11.9. The second-order valence-corrected chi connectivity index (χ2v) is 5.20. The van der Waals surface area contributed by atoms with Crippen LogP contribution in [-0.4, -0.2) is 24.0 Å². The number of nitrogens with two attached hydrogens (primary N) is 1. The van der Waals surface area contributed by atoms with Gasteiger partial charge in [-0.15, -0.1) is 0 Å². The van der Waals surface area contributed by atoms with Crippen LogP contribution in [0.5, 0.6) is 5.75 Å². The summed E-state index contributed by atoms with van der Waals surface area (Å²) in [6, 6.07) is 17.1. The number of hydrogen-bond donors (Lipinski definition) is 1. The molecule has 1 saturated heterocycles. The van der Waals surface area contributed by atoms with Crippen LogP contribution in [-0.2, 0) is 11.3 Å². The molecule has 1 fully saturated rings. The molecule has 2 aromatic rings. The topological polar surface area (TPSA) is 55.6 Å². The van der Waals surface area contributed by atoms with Crippen LogP contribution in [0.4, 0.5) is 0 Å². The first kappa shape index (κ1) is 13.6. The Balaban J connectivity index is 1.80. The zero-order chi connectivity index (χ0) is 14.8. The number of amides is 1. The molecule has 0 aliphatic carbocycles. The maximum Gasteiger partial charge on any atom is 0.242 e. The van der Waals surface area contributed by atoms with Crippen LogP contribution in [0.15, 0.2) is 54.6 Å². The van der Waals surface area contributed by atoms with Crippen LogP contribution in [0.1, 0.15) is 17.2 Å². The van der Waals surface area contributed by atoms with Gasteiger partial charge in [0.1, 0.15) is 11.8 Å². The molecule has 108 valence electrons. The van der Waals surface area contributed by atoms with E-state index in [2.05, 4.69) is 0 Å². The van der Waals surface area contributed by atoms with E-state index in [9.17, 15) is 4.79 Å². The van der Waals surface area contributed by atoms with Gasteiger partial charge in [0.15, 0.2) is 0 Å². The molecule has 4 nitrogen and oxygen atoms in total. The van der Waals surface area contributed by atoms with E-state index in [0.29, 0.717) is 6.54 Å². The number of nitrogens with zero attached hydrogens (tertiary/aromatic N) is 1. The van der Waals surface area contributed by atoms with Crippen molar-refractivity contribution in [1.82, 2.24) is 4.90 Å². The predicted molar refractivity (Wildman–Crippen MR) is 80.7 cm³/mol. The van der Waals surface area contributed by atoms with Gasteiger partial charge >= 0.3 is 0 Å². The van der Waals surface area contributed by atoms with E-state index in [-0.39, 0.29) is 11.9 Å². The minimum Gasteiger partial charge on any atom is -0.497 e. The van der Waals surface area contributed by atoms with Crippen molar-refractivity contribution >= 4 is 5.91 Å². The Bertz CT molecular complexity index is 625. The summed E-state index contributed by atoms with van der Waals surface area (Å²) in [6.45, 7) is 0.587. The lowest BCUT2D eigenvalue weighted by molar-refractivity contribution is -0.150. The normalized spacial score (nSPS) is 21.0. The summed E-state index contributed by atoms with van der Waals surface area (Å²) in [7, 11) is 1.63. The Hall–Kier alpha value is -2.33. The van der Waals surface area contributed by atoms with E-state index in [1.165, 1.54) is 0 Å². The van der Waals surface area contributed by atoms with Gasteiger partial charge in [-0.1, -0.05) is 42.5 Å². The molecule has 1 amide bonds. The van der Waals surface area contributed by atoms with Crippen LogP contribution in [0.3, 0.4) is 0 Å². The molecule has 4 heteroatoms. The number of likely N-dealkylation sites (tertiary alicyclic amines) is 1. The van der Waals surface area contributed by atoms with Crippen molar-refractivity contribution in [2.75, 3.05) is 7.11 Å². The molecule has 0 saturated carbocycles. The number of β-lactam (4-membered cyclic amide) rings is 1. The number of rotatable bonds is 4. The average molecular weight is 282 g/mol. The second kappa shape index (κ2) is 5.58. The predicted octanol–water partition coefficient (Wildman–Crippen LogP) is 2.11. The number of carbonyl (C=O) groups excluding carboxylic acids is 1. The highest BCUT2D eigenvalue weighted by molar-refractivity contribution is 5.89. The summed E-state index contributed by atoms with van der Waals surface area (Å²) in [5.41, 5.74) is 8.14. The van der Waals surface area contributed by atoms with Crippen molar-refractivity contribution in [2.45, 2.75) is 18.6 Å². The van der Waals surface area contributed by atoms with E-state index in [1.54, 1.807) is 7.11 Å². The highest BCUT2D eigenvalue weighted by Crippen LogP contribution is 2.35. The van der Waals surface area contributed by atoms with Crippen LogP contribution in [0.25, 0.3) is 0 Å². The average Bonchev–Trinajstić information content (AvgIpc) is 2.55. The minimum absolute atomic E-state index is 0.000305. The molecule has 0 spiro atoms. The summed E-state index contributed by atoms with van der Waals surface area (Å²) < 4.78 is 5.16. The number of benzene rings is 2. The number of hydrogen-bond acceptors (Lipinski definition) is 3. The first-order chi connectivity index (χ1) is 10.2. The fourth-order valence-corrected chi connectivity index (χ4v) is 2.72. The molecular weight excluding hydrogens is 264 g/mol. The largest absolute Gasteiger partial charge is 0.497 e. The molecule has 2 unspecified atom stereocenters. The smallest absolute Gasteiger partial charge is 0.242 e. The summed E-state index contributed by atoms with van der Waals surface area (Å²) in [5.74, 6) is 0.798. The molecule has 3 rings (SSSR count). The molecule has 2 aromatic carbocycles. The highest BCUT2D eigenvalue weighted by Gasteiger charge is 2.45. The van der Waals surface area contributed by atoms with Crippen molar-refractivity contribution in [3.8, 4) is 5.75 Å². The Morgan fingerprint density at radius 2 is 1.76 bits per heavy atom. The van der Waals surface area contributed by atoms with Gasteiger partial charge < -0.3 is 15.4 Å². The van der Waals surface area contributed by atoms with E-state index in [4.69, 9.17) is 10.5 Å². The quantitative estimate of drug-likeness (QED) is 0.874. The molecule has 2 atom stereocenters. The van der Waals surface area contributed by atoms with Crippen LogP contribution in [0, 0.1) is 0 Å². The van der Waals surface area contributed by atoms with Gasteiger partial charge in [0.25, 0.3) is 0 Å². The fourth-order valence-electron chi connectivity index (χ4n) is 2.72. The van der Waals surface area contributed by atoms with Crippen molar-refractivity contribution in [3.63, 3.8) is 0 Å². The van der Waals surface area contributed by atoms with E-state index in [1.807, 2.05) is 59.5 Å². The SMILES string of the molecule is COc1ccc(C2C(N)C(=O)N2Cc2ccccc2)cc1. The maximum absolute atomic E-state index is 12.0. The fraction of sp³-hybridized carbons (Fsp3) is 0.235. The van der Waals surface area contributed by atoms with Crippen LogP contribution < -0.4 is 10.5 Å². The molecule has 0 radical (unpaired) electrons. The zero-order valence-corrected chi connectivity index (χ0v) is 11.9. The molecule has 2 N–H and O–H groups in total. The minimum atomic E-state index is -0.456. The summed E-state index contributed by atoms with van der Waals surface area (Å²) >= 11 is 0. The summed E-state index contributed by atoms with van der Waals surface area (Å²) in [5, 5.41) is 0. The van der Waals surface area contributed by atoms with Crippen molar-refractivity contribution in [2.24, 2.45) is 5.73 Å². The number of methoxy groups -OCH3 is 1. The van der Waals surface area contributed by atoms with E-state index in [0.717, 1.165) is 16.9 Å².